The van der Waals surface area contributed by atoms with E-state index in [1.54, 1.807) is 12.1 Å². The molecular weight excluding hydrogens is 245 g/mol. The number of unbranched alkanes of at least 4 members (excludes halogenated alkanes) is 1. The van der Waals surface area contributed by atoms with E-state index in [4.69, 9.17) is 5.11 Å². The standard InChI is InChI=1S/C15H22FNO2/c1-12(2)17(9-4-3-8-15(18)19)11-13-6-5-7-14(16)10-13/h5-7,10,12H,3-4,8-9,11H2,1-2H3,(H,18,19). The second-order valence-electron chi connectivity index (χ2n) is 5.04. The third-order valence-corrected chi connectivity index (χ3v) is 3.09. The third kappa shape index (κ3) is 6.34. The van der Waals surface area contributed by atoms with Gasteiger partial charge in [0.2, 0.25) is 0 Å². The monoisotopic (exact) mass is 267 g/mol. The van der Waals surface area contributed by atoms with Crippen molar-refractivity contribution in [3.05, 3.63) is 35.6 Å². The highest BCUT2D eigenvalue weighted by Crippen LogP contribution is 2.11. The molecule has 0 heterocycles. The lowest BCUT2D eigenvalue weighted by molar-refractivity contribution is -0.137. The zero-order valence-corrected chi connectivity index (χ0v) is 11.6. The molecule has 1 aromatic carbocycles. The fraction of sp³-hybridized carbons (Fsp3) is 0.533. The van der Waals surface area contributed by atoms with E-state index in [0.717, 1.165) is 18.5 Å². The molecule has 0 aromatic heterocycles. The lowest BCUT2D eigenvalue weighted by Crippen LogP contribution is -2.31. The van der Waals surface area contributed by atoms with Crippen LogP contribution in [0.15, 0.2) is 24.3 Å². The summed E-state index contributed by atoms with van der Waals surface area (Å²) in [5.74, 6) is -0.965. The van der Waals surface area contributed by atoms with E-state index < -0.39 is 5.97 Å². The summed E-state index contributed by atoms with van der Waals surface area (Å²) in [6.07, 6.45) is 1.74. The van der Waals surface area contributed by atoms with Gasteiger partial charge < -0.3 is 5.11 Å². The summed E-state index contributed by atoms with van der Waals surface area (Å²) < 4.78 is 13.1. The van der Waals surface area contributed by atoms with Gasteiger partial charge in [0.25, 0.3) is 0 Å². The summed E-state index contributed by atoms with van der Waals surface area (Å²) in [5, 5.41) is 8.60. The van der Waals surface area contributed by atoms with E-state index in [1.807, 2.05) is 6.07 Å². The highest BCUT2D eigenvalue weighted by atomic mass is 19.1. The van der Waals surface area contributed by atoms with E-state index in [-0.39, 0.29) is 12.2 Å². The zero-order valence-electron chi connectivity index (χ0n) is 11.6. The number of rotatable bonds is 8. The molecule has 0 unspecified atom stereocenters. The first-order valence-corrected chi connectivity index (χ1v) is 6.69. The maximum Gasteiger partial charge on any atom is 0.303 e. The van der Waals surface area contributed by atoms with E-state index in [1.165, 1.54) is 6.07 Å². The van der Waals surface area contributed by atoms with Crippen LogP contribution in [0.2, 0.25) is 0 Å². The van der Waals surface area contributed by atoms with Crippen LogP contribution >= 0.6 is 0 Å². The van der Waals surface area contributed by atoms with Crippen LogP contribution in [0.5, 0.6) is 0 Å². The van der Waals surface area contributed by atoms with Gasteiger partial charge in [-0.15, -0.1) is 0 Å². The van der Waals surface area contributed by atoms with Crippen LogP contribution < -0.4 is 0 Å². The molecule has 1 rings (SSSR count). The number of halogens is 1. The van der Waals surface area contributed by atoms with Crippen molar-refractivity contribution in [3.8, 4) is 0 Å². The molecule has 0 amide bonds. The van der Waals surface area contributed by atoms with Crippen LogP contribution in [0, 0.1) is 5.82 Å². The minimum absolute atomic E-state index is 0.214. The summed E-state index contributed by atoms with van der Waals surface area (Å²) in [6, 6.07) is 6.97. The third-order valence-electron chi connectivity index (χ3n) is 3.09. The Morgan fingerprint density at radius 1 is 1.37 bits per heavy atom. The number of carboxylic acids is 1. The summed E-state index contributed by atoms with van der Waals surface area (Å²) in [7, 11) is 0. The maximum atomic E-state index is 13.1. The van der Waals surface area contributed by atoms with Crippen LogP contribution in [0.4, 0.5) is 4.39 Å². The van der Waals surface area contributed by atoms with Gasteiger partial charge in [-0.05, 0) is 50.9 Å². The first-order valence-electron chi connectivity index (χ1n) is 6.69. The average Bonchev–Trinajstić information content (AvgIpc) is 2.32. The minimum Gasteiger partial charge on any atom is -0.481 e. The van der Waals surface area contributed by atoms with Gasteiger partial charge in [-0.3, -0.25) is 9.69 Å². The van der Waals surface area contributed by atoms with E-state index >= 15 is 0 Å². The summed E-state index contributed by atoms with van der Waals surface area (Å²) in [6.45, 7) is 5.72. The molecule has 1 aromatic rings. The molecule has 19 heavy (non-hydrogen) atoms. The van der Waals surface area contributed by atoms with Gasteiger partial charge in [0.15, 0.2) is 0 Å². The molecule has 0 bridgehead atoms. The van der Waals surface area contributed by atoms with Crippen molar-refractivity contribution in [3.63, 3.8) is 0 Å². The molecule has 0 atom stereocenters. The van der Waals surface area contributed by atoms with Crippen LogP contribution in [-0.4, -0.2) is 28.6 Å². The Bertz CT molecular complexity index is 407. The molecule has 4 heteroatoms. The average molecular weight is 267 g/mol. The van der Waals surface area contributed by atoms with Gasteiger partial charge in [-0.25, -0.2) is 4.39 Å². The predicted molar refractivity (Wildman–Crippen MR) is 73.4 cm³/mol. The number of hydrogen-bond acceptors (Lipinski definition) is 2. The van der Waals surface area contributed by atoms with Crippen LogP contribution in [-0.2, 0) is 11.3 Å². The number of carboxylic acid groups (broad SMARTS) is 1. The van der Waals surface area contributed by atoms with Gasteiger partial charge >= 0.3 is 5.97 Å². The molecule has 106 valence electrons. The molecule has 3 nitrogen and oxygen atoms in total. The van der Waals surface area contributed by atoms with E-state index in [9.17, 15) is 9.18 Å². The number of nitrogens with zero attached hydrogens (tertiary/aromatic N) is 1. The lowest BCUT2D eigenvalue weighted by atomic mass is 10.1. The Balaban J connectivity index is 2.46. The van der Waals surface area contributed by atoms with Crippen molar-refractivity contribution >= 4 is 5.97 Å². The van der Waals surface area contributed by atoms with Crippen LogP contribution in [0.25, 0.3) is 0 Å². The number of aliphatic carboxylic acids is 1. The van der Waals surface area contributed by atoms with E-state index in [2.05, 4.69) is 18.7 Å². The Hall–Kier alpha value is -1.42. The molecule has 0 radical (unpaired) electrons. The Morgan fingerprint density at radius 3 is 2.68 bits per heavy atom. The van der Waals surface area contributed by atoms with Crippen LogP contribution in [0.1, 0.15) is 38.7 Å². The molecule has 0 saturated heterocycles. The minimum atomic E-state index is -0.749. The molecular formula is C15H22FNO2. The lowest BCUT2D eigenvalue weighted by Gasteiger charge is -2.26. The Morgan fingerprint density at radius 2 is 2.11 bits per heavy atom. The SMILES string of the molecule is CC(C)N(CCCCC(=O)O)Cc1cccc(F)c1. The predicted octanol–water partition coefficient (Wildman–Crippen LogP) is 3.29. The molecule has 0 aliphatic rings. The van der Waals surface area contributed by atoms with Crippen LogP contribution in [0.3, 0.4) is 0 Å². The smallest absolute Gasteiger partial charge is 0.303 e. The topological polar surface area (TPSA) is 40.5 Å². The molecule has 0 aliphatic carbocycles. The van der Waals surface area contributed by atoms with Gasteiger partial charge in [0.1, 0.15) is 5.82 Å². The highest BCUT2D eigenvalue weighted by molar-refractivity contribution is 5.66. The van der Waals surface area contributed by atoms with Gasteiger partial charge in [-0.1, -0.05) is 12.1 Å². The van der Waals surface area contributed by atoms with Crippen molar-refractivity contribution in [2.24, 2.45) is 0 Å². The van der Waals surface area contributed by atoms with Crippen molar-refractivity contribution in [1.82, 2.24) is 4.90 Å². The summed E-state index contributed by atoms with van der Waals surface area (Å²) >= 11 is 0. The summed E-state index contributed by atoms with van der Waals surface area (Å²) in [5.41, 5.74) is 0.951. The largest absolute Gasteiger partial charge is 0.481 e. The summed E-state index contributed by atoms with van der Waals surface area (Å²) in [4.78, 5) is 12.7. The molecule has 0 saturated carbocycles. The Labute approximate surface area is 114 Å². The normalized spacial score (nSPS) is 11.2. The maximum absolute atomic E-state index is 13.1. The molecule has 0 aliphatic heterocycles. The first kappa shape index (κ1) is 15.6. The van der Waals surface area contributed by atoms with E-state index in [0.29, 0.717) is 19.0 Å². The number of benzene rings is 1. The van der Waals surface area contributed by atoms with Crippen molar-refractivity contribution in [2.45, 2.75) is 45.7 Å². The van der Waals surface area contributed by atoms with Gasteiger partial charge in [0.05, 0.1) is 0 Å². The molecule has 0 fully saturated rings. The fourth-order valence-electron chi connectivity index (χ4n) is 1.98. The quantitative estimate of drug-likeness (QED) is 0.735. The number of carbonyl (C=O) groups is 1. The van der Waals surface area contributed by atoms with Gasteiger partial charge in [-0.2, -0.15) is 0 Å². The van der Waals surface area contributed by atoms with Crippen molar-refractivity contribution < 1.29 is 14.3 Å². The second kappa shape index (κ2) is 7.89. The van der Waals surface area contributed by atoms with Crippen molar-refractivity contribution in [1.29, 1.82) is 0 Å². The number of hydrogen-bond donors (Lipinski definition) is 1. The molecule has 1 N–H and O–H groups in total. The van der Waals surface area contributed by atoms with Gasteiger partial charge in [0, 0.05) is 19.0 Å². The Kier molecular flexibility index (Phi) is 6.50. The zero-order chi connectivity index (χ0) is 14.3. The van der Waals surface area contributed by atoms with Crippen molar-refractivity contribution in [2.75, 3.05) is 6.54 Å². The first-order chi connectivity index (χ1) is 8.99. The highest BCUT2D eigenvalue weighted by Gasteiger charge is 2.10. The second-order valence-corrected chi connectivity index (χ2v) is 5.04. The molecule has 0 spiro atoms. The fourth-order valence-corrected chi connectivity index (χ4v) is 1.98.